The molecule has 0 aliphatic carbocycles. The highest BCUT2D eigenvalue weighted by Crippen LogP contribution is 2.25. The van der Waals surface area contributed by atoms with Crippen LogP contribution in [0.4, 0.5) is 0 Å². The Bertz CT molecular complexity index is 919. The summed E-state index contributed by atoms with van der Waals surface area (Å²) in [6.07, 6.45) is 0. The number of halogens is 1. The van der Waals surface area contributed by atoms with Gasteiger partial charge in [0.05, 0.1) is 9.82 Å². The van der Waals surface area contributed by atoms with Crippen molar-refractivity contribution in [2.75, 3.05) is 0 Å². The average molecular weight is 431 g/mol. The van der Waals surface area contributed by atoms with Crippen LogP contribution in [-0.2, 0) is 13.7 Å². The second-order valence-electron chi connectivity index (χ2n) is 4.54. The van der Waals surface area contributed by atoms with Gasteiger partial charge in [0.15, 0.2) is 5.82 Å². The minimum absolute atomic E-state index is 0.255. The zero-order chi connectivity index (χ0) is 16.6. The molecule has 114 valence electrons. The third-order valence-corrected chi connectivity index (χ3v) is 4.95. The van der Waals surface area contributed by atoms with Gasteiger partial charge in [0.25, 0.3) is 0 Å². The number of ether oxygens (including phenoxy) is 1. The molecule has 2 heterocycles. The molecule has 0 atom stereocenters. The van der Waals surface area contributed by atoms with Gasteiger partial charge >= 0.3 is 5.69 Å². The minimum Gasteiger partial charge on any atom is -0.488 e. The number of hydrogen-bond acceptors (Lipinski definition) is 6. The summed E-state index contributed by atoms with van der Waals surface area (Å²) >= 11 is 3.43. The number of tetrazole rings is 1. The van der Waals surface area contributed by atoms with Gasteiger partial charge in [-0.15, -0.1) is 4.68 Å². The predicted octanol–water partition coefficient (Wildman–Crippen LogP) is 1.91. The van der Waals surface area contributed by atoms with E-state index < -0.39 is 0 Å². The second kappa shape index (κ2) is 6.16. The molecule has 0 N–H and O–H groups in total. The van der Waals surface area contributed by atoms with Gasteiger partial charge in [-0.2, -0.15) is 9.06 Å². The monoisotopic (exact) mass is 431 g/mol. The fraction of sp³-hybridized carbons (Fsp3) is 0.231. The Kier molecular flexibility index (Phi) is 3.89. The van der Waals surface area contributed by atoms with Gasteiger partial charge in [-0.1, -0.05) is 18.2 Å². The molecule has 0 bridgehead atoms. The van der Waals surface area contributed by atoms with Crippen LogP contribution in [0.5, 0.6) is 5.75 Å². The van der Waals surface area contributed by atoms with Crippen molar-refractivity contribution in [3.05, 3.63) is 48.7 Å². The molecule has 22 heavy (non-hydrogen) atoms. The van der Waals surface area contributed by atoms with Crippen LogP contribution < -0.4 is 10.4 Å². The average Bonchev–Trinajstić information content (AvgIpc) is 3.02. The number of nitrogens with zero attached hydrogens (tertiary/aromatic N) is 5. The molecule has 0 fully saturated rings. The van der Waals surface area contributed by atoms with Gasteiger partial charge in [-0.05, 0) is 63.1 Å². The van der Waals surface area contributed by atoms with E-state index in [1.807, 2.05) is 6.92 Å². The second-order valence-corrected chi connectivity index (χ2v) is 7.12. The zero-order valence-electron chi connectivity index (χ0n) is 12.8. The lowest BCUT2D eigenvalue weighted by Gasteiger charge is -2.09. The number of aromatic nitrogens is 5. The van der Waals surface area contributed by atoms with Crippen molar-refractivity contribution in [2.24, 2.45) is 7.05 Å². The van der Waals surface area contributed by atoms with Crippen LogP contribution in [0.1, 0.15) is 12.5 Å². The van der Waals surface area contributed by atoms with Crippen molar-refractivity contribution in [2.45, 2.75) is 13.5 Å². The maximum absolute atomic E-state index is 12.0. The van der Waals surface area contributed by atoms with Crippen molar-refractivity contribution in [3.63, 3.8) is 0 Å². The van der Waals surface area contributed by atoms with Crippen LogP contribution in [0.15, 0.2) is 29.0 Å². The van der Waals surface area contributed by atoms with Crippen LogP contribution in [0.2, 0.25) is 0 Å². The van der Waals surface area contributed by atoms with Crippen LogP contribution in [0.25, 0.3) is 5.82 Å². The van der Waals surface area contributed by atoms with Crippen LogP contribution >= 0.6 is 34.1 Å². The normalized spacial score (nSPS) is 11.5. The standard InChI is InChI=1S/C13H12IN5O2S/c1-8-5-3-4-6-10(8)21-7-9-11(14)22-15-12(9)19-13(20)18(2)16-17-19/h3-6H,7H2,1-2H3/i3T. The Morgan fingerprint density at radius 2 is 2.27 bits per heavy atom. The highest BCUT2D eigenvalue weighted by Gasteiger charge is 2.18. The summed E-state index contributed by atoms with van der Waals surface area (Å²) in [4.78, 5) is 12.0. The molecule has 3 aromatic rings. The molecule has 9 heteroatoms. The summed E-state index contributed by atoms with van der Waals surface area (Å²) in [5.74, 6) is 1.13. The van der Waals surface area contributed by atoms with E-state index in [-0.39, 0.29) is 12.3 Å². The van der Waals surface area contributed by atoms with E-state index >= 15 is 0 Å². The smallest absolute Gasteiger partial charge is 0.369 e. The molecule has 3 rings (SSSR count). The number of hydrogen-bond donors (Lipinski definition) is 0. The van der Waals surface area contributed by atoms with E-state index in [1.165, 1.54) is 18.6 Å². The fourth-order valence-electron chi connectivity index (χ4n) is 1.83. The summed E-state index contributed by atoms with van der Waals surface area (Å²) in [6.45, 7) is 2.14. The number of aryl methyl sites for hydroxylation is 2. The van der Waals surface area contributed by atoms with Crippen LogP contribution in [0, 0.1) is 9.81 Å². The Morgan fingerprint density at radius 1 is 1.45 bits per heavy atom. The molecule has 0 unspecified atom stereocenters. The largest absolute Gasteiger partial charge is 0.488 e. The molecular weight excluding hydrogens is 417 g/mol. The Balaban J connectivity index is 1.90. The quantitative estimate of drug-likeness (QED) is 0.591. The molecule has 0 spiro atoms. The van der Waals surface area contributed by atoms with Gasteiger partial charge in [0.2, 0.25) is 0 Å². The third kappa shape index (κ3) is 2.77. The first kappa shape index (κ1) is 13.9. The van der Waals surface area contributed by atoms with E-state index in [4.69, 9.17) is 6.11 Å². The molecule has 0 radical (unpaired) electrons. The van der Waals surface area contributed by atoms with Crippen LogP contribution in [0.3, 0.4) is 0 Å². The topological polar surface area (TPSA) is 74.8 Å². The zero-order valence-corrected chi connectivity index (χ0v) is 14.8. The van der Waals surface area contributed by atoms with Crippen molar-refractivity contribution in [1.29, 1.82) is 0 Å². The van der Waals surface area contributed by atoms with Crippen LogP contribution in [-0.4, -0.2) is 24.2 Å². The summed E-state index contributed by atoms with van der Waals surface area (Å²) < 4.78 is 20.9. The number of para-hydroxylation sites is 1. The van der Waals surface area contributed by atoms with Crippen molar-refractivity contribution >= 4 is 34.1 Å². The lowest BCUT2D eigenvalue weighted by Crippen LogP contribution is -2.23. The predicted molar refractivity (Wildman–Crippen MR) is 90.5 cm³/mol. The summed E-state index contributed by atoms with van der Waals surface area (Å²) in [5.41, 5.74) is 1.31. The first-order chi connectivity index (χ1) is 11.0. The highest BCUT2D eigenvalue weighted by molar-refractivity contribution is 14.1. The Hall–Kier alpha value is -1.75. The van der Waals surface area contributed by atoms with E-state index in [9.17, 15) is 4.79 Å². The molecule has 0 aliphatic rings. The Labute approximate surface area is 145 Å². The summed E-state index contributed by atoms with van der Waals surface area (Å²) in [5, 5.41) is 7.52. The molecular formula is C13H12IN5O2S. The fourth-order valence-corrected chi connectivity index (χ4v) is 3.13. The van der Waals surface area contributed by atoms with Crippen molar-refractivity contribution in [1.82, 2.24) is 24.2 Å². The van der Waals surface area contributed by atoms with E-state index in [0.717, 1.165) is 23.4 Å². The SMILES string of the molecule is [3H]c1ccc(OCc2c(-n3nnn(C)c3=O)nsc2I)c(C)c1. The van der Waals surface area contributed by atoms with E-state index in [2.05, 4.69) is 37.4 Å². The van der Waals surface area contributed by atoms with Gasteiger partial charge in [-0.3, -0.25) is 0 Å². The molecule has 1 aromatic carbocycles. The van der Waals surface area contributed by atoms with Gasteiger partial charge in [0.1, 0.15) is 12.4 Å². The molecule has 0 saturated carbocycles. The molecule has 0 saturated heterocycles. The first-order valence-electron chi connectivity index (χ1n) is 6.81. The molecule has 2 aromatic heterocycles. The summed E-state index contributed by atoms with van der Waals surface area (Å²) in [6, 6.07) is 5.61. The van der Waals surface area contributed by atoms with Gasteiger partial charge in [-0.25, -0.2) is 4.79 Å². The van der Waals surface area contributed by atoms with E-state index in [0.29, 0.717) is 17.6 Å². The van der Waals surface area contributed by atoms with E-state index in [1.54, 1.807) is 18.2 Å². The number of rotatable bonds is 4. The van der Waals surface area contributed by atoms with Gasteiger partial charge < -0.3 is 4.74 Å². The lowest BCUT2D eigenvalue weighted by molar-refractivity contribution is 0.303. The molecule has 0 amide bonds. The van der Waals surface area contributed by atoms with Gasteiger partial charge in [0, 0.05) is 7.05 Å². The number of benzene rings is 1. The minimum atomic E-state index is -0.359. The first-order valence-corrected chi connectivity index (χ1v) is 8.16. The van der Waals surface area contributed by atoms with Crippen molar-refractivity contribution < 1.29 is 6.11 Å². The Morgan fingerprint density at radius 3 is 2.95 bits per heavy atom. The molecule has 0 aliphatic heterocycles. The lowest BCUT2D eigenvalue weighted by atomic mass is 10.2. The van der Waals surface area contributed by atoms with Crippen molar-refractivity contribution in [3.8, 4) is 11.6 Å². The summed E-state index contributed by atoms with van der Waals surface area (Å²) in [7, 11) is 1.53. The maximum atomic E-state index is 12.0. The third-order valence-electron chi connectivity index (χ3n) is 3.03. The highest BCUT2D eigenvalue weighted by atomic mass is 127. The molecule has 7 nitrogen and oxygen atoms in total. The maximum Gasteiger partial charge on any atom is 0.369 e.